The lowest BCUT2D eigenvalue weighted by Crippen LogP contribution is -2.22. The van der Waals surface area contributed by atoms with E-state index in [0.29, 0.717) is 0 Å². The maximum Gasteiger partial charge on any atom is 0.120 e. The Morgan fingerprint density at radius 1 is 1.19 bits per heavy atom. The van der Waals surface area contributed by atoms with E-state index in [0.717, 1.165) is 12.2 Å². The van der Waals surface area contributed by atoms with Gasteiger partial charge in [-0.3, -0.25) is 0 Å². The Morgan fingerprint density at radius 3 is 2.31 bits per heavy atom. The van der Waals surface area contributed by atoms with Gasteiger partial charge in [-0.2, -0.15) is 0 Å². The van der Waals surface area contributed by atoms with Crippen LogP contribution in [0.2, 0.25) is 0 Å². The molecule has 0 aliphatic carbocycles. The molecule has 0 radical (unpaired) electrons. The lowest BCUT2D eigenvalue weighted by atomic mass is 10.1. The summed E-state index contributed by atoms with van der Waals surface area (Å²) in [6.45, 7) is 6.43. The quantitative estimate of drug-likeness (QED) is 0.667. The Morgan fingerprint density at radius 2 is 1.81 bits per heavy atom. The van der Waals surface area contributed by atoms with Gasteiger partial charge in [-0.25, -0.2) is 0 Å². The van der Waals surface area contributed by atoms with Crippen LogP contribution in [0, 0.1) is 0 Å². The highest BCUT2D eigenvalue weighted by molar-refractivity contribution is 7.18. The molecule has 0 amide bonds. The fourth-order valence-electron chi connectivity index (χ4n) is 1.45. The van der Waals surface area contributed by atoms with Crippen LogP contribution in [0.5, 0.6) is 5.75 Å². The van der Waals surface area contributed by atoms with Crippen molar-refractivity contribution in [2.24, 2.45) is 0 Å². The Hall–Kier alpha value is -0.550. The largest absolute Gasteiger partial charge is 0.484 e. The minimum absolute atomic E-state index is 0.148. The first-order chi connectivity index (χ1) is 7.57. The normalized spacial score (nSPS) is 14.5. The summed E-state index contributed by atoms with van der Waals surface area (Å²) in [7, 11) is 2.76. The molecule has 2 unspecified atom stereocenters. The van der Waals surface area contributed by atoms with Crippen molar-refractivity contribution in [3.63, 3.8) is 0 Å². The second-order valence-corrected chi connectivity index (χ2v) is 5.74. The second-order valence-electron chi connectivity index (χ2n) is 4.52. The van der Waals surface area contributed by atoms with Crippen molar-refractivity contribution in [3.8, 4) is 5.75 Å². The Kier molecular flexibility index (Phi) is 5.28. The average molecular weight is 238 g/mol. The van der Waals surface area contributed by atoms with Crippen LogP contribution in [0.4, 0.5) is 0 Å². The van der Waals surface area contributed by atoms with E-state index in [1.54, 1.807) is 0 Å². The molecule has 0 fully saturated rings. The molecule has 0 saturated heterocycles. The highest BCUT2D eigenvalue weighted by atomic mass is 31.0. The van der Waals surface area contributed by atoms with Gasteiger partial charge >= 0.3 is 0 Å². The Labute approximate surface area is 102 Å². The first kappa shape index (κ1) is 13.5. The zero-order valence-electron chi connectivity index (χ0n) is 10.6. The maximum absolute atomic E-state index is 5.87. The van der Waals surface area contributed by atoms with Crippen LogP contribution in [0.3, 0.4) is 0 Å². The summed E-state index contributed by atoms with van der Waals surface area (Å²) in [5, 5.41) is -0.148. The summed E-state index contributed by atoms with van der Waals surface area (Å²) in [5.41, 5.74) is 1.40. The maximum atomic E-state index is 5.87. The third-order valence-corrected chi connectivity index (χ3v) is 3.32. The highest BCUT2D eigenvalue weighted by Crippen LogP contribution is 2.27. The summed E-state index contributed by atoms with van der Waals surface area (Å²) in [4.78, 5) is 0. The van der Waals surface area contributed by atoms with Gasteiger partial charge in [0.15, 0.2) is 0 Å². The van der Waals surface area contributed by atoms with E-state index in [9.17, 15) is 0 Å². The van der Waals surface area contributed by atoms with Gasteiger partial charge in [0.1, 0.15) is 11.1 Å². The number of rotatable bonds is 6. The molecule has 1 nitrogen and oxygen atoms in total. The van der Waals surface area contributed by atoms with Crippen molar-refractivity contribution in [3.05, 3.63) is 29.8 Å². The van der Waals surface area contributed by atoms with Crippen molar-refractivity contribution in [2.75, 3.05) is 0 Å². The lowest BCUT2D eigenvalue weighted by Gasteiger charge is -2.24. The Bertz CT molecular complexity index is 303. The predicted molar refractivity (Wildman–Crippen MR) is 74.1 cm³/mol. The zero-order chi connectivity index (χ0) is 12.0. The van der Waals surface area contributed by atoms with E-state index in [4.69, 9.17) is 4.74 Å². The molecular formula is C14H23OP. The minimum atomic E-state index is -0.148. The van der Waals surface area contributed by atoms with Crippen molar-refractivity contribution >= 4 is 9.24 Å². The van der Waals surface area contributed by atoms with E-state index < -0.39 is 0 Å². The van der Waals surface area contributed by atoms with Gasteiger partial charge in [0, 0.05) is 0 Å². The van der Waals surface area contributed by atoms with E-state index in [-0.39, 0.29) is 5.34 Å². The number of ether oxygens (including phenoxy) is 1. The molecule has 1 rings (SSSR count). The molecule has 0 aromatic heterocycles. The van der Waals surface area contributed by atoms with E-state index in [2.05, 4.69) is 54.3 Å². The molecule has 1 aromatic rings. The summed E-state index contributed by atoms with van der Waals surface area (Å²) in [6.07, 6.45) is 4.66. The van der Waals surface area contributed by atoms with Gasteiger partial charge in [0.25, 0.3) is 0 Å². The van der Waals surface area contributed by atoms with Crippen LogP contribution in [0.1, 0.15) is 45.6 Å². The van der Waals surface area contributed by atoms with Crippen LogP contribution < -0.4 is 4.74 Å². The molecule has 0 N–H and O–H groups in total. The molecule has 0 saturated carbocycles. The summed E-state index contributed by atoms with van der Waals surface area (Å²) in [6, 6.07) is 8.48. The molecule has 0 spiro atoms. The first-order valence-electron chi connectivity index (χ1n) is 6.14. The topological polar surface area (TPSA) is 9.23 Å². The molecule has 0 bridgehead atoms. The van der Waals surface area contributed by atoms with E-state index in [1.807, 2.05) is 0 Å². The Balaban J connectivity index is 2.57. The molecule has 90 valence electrons. The van der Waals surface area contributed by atoms with Gasteiger partial charge < -0.3 is 4.74 Å². The number of hydrogen-bond donors (Lipinski definition) is 0. The van der Waals surface area contributed by atoms with E-state index >= 15 is 0 Å². The highest BCUT2D eigenvalue weighted by Gasteiger charge is 2.16. The van der Waals surface area contributed by atoms with Gasteiger partial charge in [-0.05, 0) is 43.9 Å². The molecule has 0 aliphatic heterocycles. The summed E-state index contributed by atoms with van der Waals surface area (Å²) >= 11 is 0. The van der Waals surface area contributed by atoms with Crippen LogP contribution in [-0.2, 0) is 6.42 Å². The molecular weight excluding hydrogens is 215 g/mol. The second kappa shape index (κ2) is 6.25. The van der Waals surface area contributed by atoms with Crippen molar-refractivity contribution in [1.29, 1.82) is 0 Å². The third kappa shape index (κ3) is 4.53. The van der Waals surface area contributed by atoms with Crippen LogP contribution in [-0.4, -0.2) is 5.34 Å². The molecule has 0 aliphatic rings. The van der Waals surface area contributed by atoms with Crippen LogP contribution in [0.15, 0.2) is 24.3 Å². The number of hydrogen-bond acceptors (Lipinski definition) is 1. The van der Waals surface area contributed by atoms with Crippen molar-refractivity contribution < 1.29 is 4.74 Å². The predicted octanol–water partition coefficient (Wildman–Crippen LogP) is 4.41. The minimum Gasteiger partial charge on any atom is -0.484 e. The molecule has 2 heteroatoms. The number of aryl methyl sites for hydroxylation is 1. The fourth-order valence-corrected chi connectivity index (χ4v) is 1.58. The monoisotopic (exact) mass is 238 g/mol. The van der Waals surface area contributed by atoms with Gasteiger partial charge in [0.2, 0.25) is 0 Å². The zero-order valence-corrected chi connectivity index (χ0v) is 11.8. The fraction of sp³-hybridized carbons (Fsp3) is 0.571. The third-order valence-electron chi connectivity index (χ3n) is 2.80. The van der Waals surface area contributed by atoms with Crippen molar-refractivity contribution in [1.82, 2.24) is 0 Å². The van der Waals surface area contributed by atoms with Gasteiger partial charge in [-0.1, -0.05) is 41.6 Å². The van der Waals surface area contributed by atoms with Gasteiger partial charge in [0.05, 0.1) is 0 Å². The molecule has 0 heterocycles. The first-order valence-corrected chi connectivity index (χ1v) is 6.72. The summed E-state index contributed by atoms with van der Waals surface area (Å²) in [5.74, 6) is 0.958. The van der Waals surface area contributed by atoms with Crippen LogP contribution in [0.25, 0.3) is 0 Å². The SMILES string of the molecule is CCCCc1ccc(OC(C)(P)CC)cc1. The van der Waals surface area contributed by atoms with Crippen LogP contribution >= 0.6 is 9.24 Å². The number of benzene rings is 1. The molecule has 1 aromatic carbocycles. The number of unbranched alkanes of at least 4 members (excludes halogenated alkanes) is 1. The smallest absolute Gasteiger partial charge is 0.120 e. The van der Waals surface area contributed by atoms with E-state index in [1.165, 1.54) is 24.8 Å². The molecule has 16 heavy (non-hydrogen) atoms. The van der Waals surface area contributed by atoms with Crippen molar-refractivity contribution in [2.45, 2.75) is 51.8 Å². The summed E-state index contributed by atoms with van der Waals surface area (Å²) < 4.78 is 5.87. The standard InChI is InChI=1S/C14H23OP/c1-4-6-7-12-8-10-13(11-9-12)15-14(3,16)5-2/h8-11H,4-7,16H2,1-3H3. The molecule has 2 atom stereocenters. The average Bonchev–Trinajstić information content (AvgIpc) is 2.28. The lowest BCUT2D eigenvalue weighted by molar-refractivity contribution is 0.180. The van der Waals surface area contributed by atoms with Gasteiger partial charge in [-0.15, -0.1) is 0 Å².